The third-order valence-electron chi connectivity index (χ3n) is 4.13. The number of nitrogens with zero attached hydrogens (tertiary/aromatic N) is 3. The Bertz CT molecular complexity index is 512. The predicted molar refractivity (Wildman–Crippen MR) is 82.5 cm³/mol. The van der Waals surface area contributed by atoms with E-state index in [2.05, 4.69) is 16.9 Å². The second kappa shape index (κ2) is 6.72. The van der Waals surface area contributed by atoms with Gasteiger partial charge in [0.15, 0.2) is 0 Å². The third-order valence-corrected chi connectivity index (χ3v) is 4.32. The fourth-order valence-corrected chi connectivity index (χ4v) is 3.13. The van der Waals surface area contributed by atoms with E-state index in [1.54, 1.807) is 4.57 Å². The summed E-state index contributed by atoms with van der Waals surface area (Å²) in [5, 5.41) is 0.296. The number of hydrogen-bond acceptors (Lipinski definition) is 3. The Hall–Kier alpha value is -0.870. The monoisotopic (exact) mass is 297 g/mol. The van der Waals surface area contributed by atoms with E-state index in [4.69, 9.17) is 11.6 Å². The molecule has 0 radical (unpaired) electrons. The highest BCUT2D eigenvalue weighted by molar-refractivity contribution is 6.29. The van der Waals surface area contributed by atoms with Crippen LogP contribution in [0.15, 0.2) is 10.9 Å². The van der Waals surface area contributed by atoms with Crippen molar-refractivity contribution in [1.29, 1.82) is 0 Å². The Morgan fingerprint density at radius 2 is 2.20 bits per heavy atom. The molecule has 0 bridgehead atoms. The topological polar surface area (TPSA) is 38.1 Å². The van der Waals surface area contributed by atoms with Gasteiger partial charge in [-0.2, -0.15) is 0 Å². The van der Waals surface area contributed by atoms with E-state index in [9.17, 15) is 4.79 Å². The second-order valence-corrected chi connectivity index (χ2v) is 6.39. The summed E-state index contributed by atoms with van der Waals surface area (Å²) in [6.45, 7) is 5.98. The van der Waals surface area contributed by atoms with Gasteiger partial charge in [-0.15, -0.1) is 0 Å². The van der Waals surface area contributed by atoms with Crippen LogP contribution in [0.25, 0.3) is 0 Å². The Morgan fingerprint density at radius 3 is 2.85 bits per heavy atom. The SMILES string of the molecule is CC(C)c1nc(Cl)cc(=O)n1CCC1CCCCN1C. The fraction of sp³-hybridized carbons (Fsp3) is 0.733. The smallest absolute Gasteiger partial charge is 0.254 e. The molecule has 1 unspecified atom stereocenters. The van der Waals surface area contributed by atoms with Crippen molar-refractivity contribution in [3.8, 4) is 0 Å². The molecule has 20 heavy (non-hydrogen) atoms. The summed E-state index contributed by atoms with van der Waals surface area (Å²) in [6.07, 6.45) is 4.80. The molecule has 1 aliphatic rings. The van der Waals surface area contributed by atoms with Crippen LogP contribution in [0.4, 0.5) is 0 Å². The Labute approximate surface area is 125 Å². The summed E-state index contributed by atoms with van der Waals surface area (Å²) in [7, 11) is 2.18. The molecule has 2 rings (SSSR count). The third kappa shape index (κ3) is 3.61. The van der Waals surface area contributed by atoms with E-state index in [0.717, 1.165) is 25.3 Å². The molecule has 1 saturated heterocycles. The first kappa shape index (κ1) is 15.5. The first-order valence-corrected chi connectivity index (χ1v) is 7.84. The highest BCUT2D eigenvalue weighted by Gasteiger charge is 2.20. The first-order chi connectivity index (χ1) is 9.49. The Balaban J connectivity index is 2.14. The highest BCUT2D eigenvalue weighted by Crippen LogP contribution is 2.19. The van der Waals surface area contributed by atoms with E-state index >= 15 is 0 Å². The number of aromatic nitrogens is 2. The van der Waals surface area contributed by atoms with Gasteiger partial charge in [-0.3, -0.25) is 9.36 Å². The largest absolute Gasteiger partial charge is 0.303 e. The molecule has 1 fully saturated rings. The van der Waals surface area contributed by atoms with Crippen LogP contribution >= 0.6 is 11.6 Å². The zero-order valence-corrected chi connectivity index (χ0v) is 13.4. The summed E-state index contributed by atoms with van der Waals surface area (Å²) < 4.78 is 1.79. The molecule has 1 atom stereocenters. The average molecular weight is 298 g/mol. The van der Waals surface area contributed by atoms with Crippen molar-refractivity contribution in [1.82, 2.24) is 14.5 Å². The van der Waals surface area contributed by atoms with Crippen LogP contribution in [0, 0.1) is 0 Å². The average Bonchev–Trinajstić information content (AvgIpc) is 2.38. The molecule has 1 aromatic heterocycles. The normalized spacial score (nSPS) is 20.6. The number of halogens is 1. The number of piperidine rings is 1. The molecular weight excluding hydrogens is 274 g/mol. The summed E-state index contributed by atoms with van der Waals surface area (Å²) in [5.74, 6) is 0.992. The zero-order chi connectivity index (χ0) is 14.7. The van der Waals surface area contributed by atoms with Gasteiger partial charge in [0, 0.05) is 24.6 Å². The molecule has 112 valence electrons. The molecule has 1 aliphatic heterocycles. The summed E-state index contributed by atoms with van der Waals surface area (Å²) >= 11 is 5.91. The van der Waals surface area contributed by atoms with Gasteiger partial charge in [0.05, 0.1) is 0 Å². The van der Waals surface area contributed by atoms with Crippen LogP contribution < -0.4 is 5.56 Å². The molecule has 2 heterocycles. The lowest BCUT2D eigenvalue weighted by Crippen LogP contribution is -2.38. The standard InChI is InChI=1S/C15H24ClN3O/c1-11(2)15-17-13(16)10-14(20)19(15)9-7-12-6-4-5-8-18(12)3/h10-12H,4-9H2,1-3H3. The van der Waals surface area contributed by atoms with Gasteiger partial charge in [-0.05, 0) is 32.9 Å². The van der Waals surface area contributed by atoms with Gasteiger partial charge < -0.3 is 4.90 Å². The lowest BCUT2D eigenvalue weighted by molar-refractivity contribution is 0.170. The van der Waals surface area contributed by atoms with Crippen molar-refractivity contribution >= 4 is 11.6 Å². The van der Waals surface area contributed by atoms with E-state index in [-0.39, 0.29) is 11.5 Å². The van der Waals surface area contributed by atoms with E-state index in [0.29, 0.717) is 11.2 Å². The van der Waals surface area contributed by atoms with E-state index in [1.165, 1.54) is 25.3 Å². The molecule has 0 saturated carbocycles. The maximum atomic E-state index is 12.1. The number of likely N-dealkylation sites (tertiary alicyclic amines) is 1. The summed E-state index contributed by atoms with van der Waals surface area (Å²) in [5.41, 5.74) is -0.0350. The van der Waals surface area contributed by atoms with E-state index < -0.39 is 0 Å². The zero-order valence-electron chi connectivity index (χ0n) is 12.6. The maximum absolute atomic E-state index is 12.1. The number of rotatable bonds is 4. The quantitative estimate of drug-likeness (QED) is 0.802. The molecule has 4 nitrogen and oxygen atoms in total. The van der Waals surface area contributed by atoms with Gasteiger partial charge >= 0.3 is 0 Å². The molecule has 0 amide bonds. The van der Waals surface area contributed by atoms with Crippen molar-refractivity contribution in [3.63, 3.8) is 0 Å². The van der Waals surface area contributed by atoms with Crippen LogP contribution in [0.5, 0.6) is 0 Å². The van der Waals surface area contributed by atoms with Gasteiger partial charge in [0.1, 0.15) is 11.0 Å². The van der Waals surface area contributed by atoms with Crippen LogP contribution in [0.1, 0.15) is 51.3 Å². The van der Waals surface area contributed by atoms with Crippen LogP contribution in [-0.2, 0) is 6.54 Å². The molecule has 0 N–H and O–H groups in total. The molecule has 1 aromatic rings. The minimum absolute atomic E-state index is 0.0350. The minimum atomic E-state index is -0.0350. The lowest BCUT2D eigenvalue weighted by Gasteiger charge is -2.32. The highest BCUT2D eigenvalue weighted by atomic mass is 35.5. The molecule has 0 aliphatic carbocycles. The van der Waals surface area contributed by atoms with Gasteiger partial charge in [-0.1, -0.05) is 31.9 Å². The molecule has 0 spiro atoms. The summed E-state index contributed by atoms with van der Waals surface area (Å²) in [4.78, 5) is 18.9. The van der Waals surface area contributed by atoms with Crippen molar-refractivity contribution < 1.29 is 0 Å². The van der Waals surface area contributed by atoms with Crippen LogP contribution in [-0.4, -0.2) is 34.1 Å². The summed E-state index contributed by atoms with van der Waals surface area (Å²) in [6, 6.07) is 1.99. The maximum Gasteiger partial charge on any atom is 0.254 e. The Kier molecular flexibility index (Phi) is 5.22. The van der Waals surface area contributed by atoms with Crippen LogP contribution in [0.3, 0.4) is 0 Å². The van der Waals surface area contributed by atoms with Crippen molar-refractivity contribution in [2.24, 2.45) is 0 Å². The second-order valence-electron chi connectivity index (χ2n) is 6.00. The van der Waals surface area contributed by atoms with Gasteiger partial charge in [0.25, 0.3) is 5.56 Å². The molecule has 5 heteroatoms. The number of hydrogen-bond donors (Lipinski definition) is 0. The molecule has 0 aromatic carbocycles. The van der Waals surface area contributed by atoms with Crippen molar-refractivity contribution in [2.45, 2.75) is 58.0 Å². The van der Waals surface area contributed by atoms with Gasteiger partial charge in [-0.25, -0.2) is 4.98 Å². The fourth-order valence-electron chi connectivity index (χ4n) is 2.95. The predicted octanol–water partition coefficient (Wildman–Crippen LogP) is 2.89. The lowest BCUT2D eigenvalue weighted by atomic mass is 10.00. The van der Waals surface area contributed by atoms with E-state index in [1.807, 2.05) is 13.8 Å². The Morgan fingerprint density at radius 1 is 1.45 bits per heavy atom. The minimum Gasteiger partial charge on any atom is -0.303 e. The first-order valence-electron chi connectivity index (χ1n) is 7.46. The van der Waals surface area contributed by atoms with Crippen molar-refractivity contribution in [2.75, 3.05) is 13.6 Å². The van der Waals surface area contributed by atoms with Crippen molar-refractivity contribution in [3.05, 3.63) is 27.4 Å². The van der Waals surface area contributed by atoms with Gasteiger partial charge in [0.2, 0.25) is 0 Å². The van der Waals surface area contributed by atoms with Crippen LogP contribution in [0.2, 0.25) is 5.15 Å². The molecular formula is C15H24ClN3O.